The number of alkyl halides is 6. The molecule has 2 aromatic rings. The van der Waals surface area contributed by atoms with Crippen LogP contribution in [-0.4, -0.2) is 44.6 Å². The first kappa shape index (κ1) is 28.5. The average Bonchev–Trinajstić information content (AvgIpc) is 2.82. The van der Waals surface area contributed by atoms with Crippen molar-refractivity contribution in [1.82, 2.24) is 10.7 Å². The molecule has 3 rings (SSSR count). The van der Waals surface area contributed by atoms with Gasteiger partial charge in [0.05, 0.1) is 24.9 Å². The number of hydrogen-bond acceptors (Lipinski definition) is 7. The molecule has 1 aliphatic rings. The molecule has 0 bridgehead atoms. The molecule has 14 heteroatoms. The summed E-state index contributed by atoms with van der Waals surface area (Å²) in [6, 6.07) is 9.69. The van der Waals surface area contributed by atoms with Crippen LogP contribution in [0.4, 0.5) is 32.0 Å². The van der Waals surface area contributed by atoms with Crippen molar-refractivity contribution in [2.45, 2.75) is 25.4 Å². The Kier molecular flexibility index (Phi) is 9.71. The molecule has 38 heavy (non-hydrogen) atoms. The van der Waals surface area contributed by atoms with Gasteiger partial charge >= 0.3 is 12.5 Å². The van der Waals surface area contributed by atoms with Crippen LogP contribution in [0, 0.1) is 0 Å². The Balaban J connectivity index is 1.76. The molecule has 3 N–H and O–H groups in total. The molecule has 8 nitrogen and oxygen atoms in total. The van der Waals surface area contributed by atoms with Gasteiger partial charge in [0.2, 0.25) is 5.96 Å². The van der Waals surface area contributed by atoms with Crippen molar-refractivity contribution < 1.29 is 35.8 Å². The minimum atomic E-state index is -4.79. The van der Waals surface area contributed by atoms with E-state index in [1.807, 2.05) is 0 Å². The third-order valence-corrected chi connectivity index (χ3v) is 4.77. The number of hydrazone groups is 1. The van der Waals surface area contributed by atoms with Crippen molar-refractivity contribution in [3.8, 4) is 5.75 Å². The number of halogens is 6. The second-order valence-corrected chi connectivity index (χ2v) is 7.73. The minimum absolute atomic E-state index is 0.0998. The van der Waals surface area contributed by atoms with Gasteiger partial charge in [0.25, 0.3) is 0 Å². The molecule has 0 saturated carbocycles. The fourth-order valence-corrected chi connectivity index (χ4v) is 3.10. The van der Waals surface area contributed by atoms with Crippen LogP contribution in [0.15, 0.2) is 75.5 Å². The van der Waals surface area contributed by atoms with Gasteiger partial charge in [-0.1, -0.05) is 6.07 Å². The highest BCUT2D eigenvalue weighted by atomic mass is 19.4. The van der Waals surface area contributed by atoms with Crippen molar-refractivity contribution in [2.24, 2.45) is 15.1 Å². The summed E-state index contributed by atoms with van der Waals surface area (Å²) in [5.41, 5.74) is 2.52. The second-order valence-electron chi connectivity index (χ2n) is 7.73. The Morgan fingerprint density at radius 2 is 1.84 bits per heavy atom. The van der Waals surface area contributed by atoms with Crippen LogP contribution in [0.3, 0.4) is 0 Å². The van der Waals surface area contributed by atoms with Crippen LogP contribution in [0.25, 0.3) is 0 Å². The smallest absolute Gasteiger partial charge is 0.406 e. The van der Waals surface area contributed by atoms with Crippen LogP contribution in [-0.2, 0) is 10.9 Å². The maximum absolute atomic E-state index is 13.1. The fraction of sp³-hybridized carbons (Fsp3) is 0.292. The third-order valence-electron chi connectivity index (χ3n) is 4.77. The van der Waals surface area contributed by atoms with E-state index >= 15 is 0 Å². The van der Waals surface area contributed by atoms with Gasteiger partial charge in [-0.05, 0) is 60.5 Å². The standard InChI is InChI=1S/C24H24F6N6O2/c1-37-13-12-31-20-6-3-7-21(36-32-15-16-8-10-19(11-9-16)38-24(28,29)30)35-22(34-20)33-18-5-2-4-17(14-18)23(25,26)27/h2,4-5,7-11,14-15,36H,3,6,12-13H2,1H3,(H2,31,33,34,35)/b21-7+,32-15+. The van der Waals surface area contributed by atoms with E-state index in [9.17, 15) is 26.3 Å². The van der Waals surface area contributed by atoms with Crippen LogP contribution in [0.5, 0.6) is 5.75 Å². The molecule has 0 aromatic heterocycles. The number of hydrogen-bond donors (Lipinski definition) is 3. The zero-order chi connectivity index (χ0) is 27.6. The molecule has 0 aliphatic carbocycles. The maximum atomic E-state index is 13.1. The number of nitrogens with one attached hydrogen (secondary N) is 3. The topological polar surface area (TPSA) is 91.6 Å². The van der Waals surface area contributed by atoms with Gasteiger partial charge in [-0.2, -0.15) is 23.3 Å². The average molecular weight is 542 g/mol. The lowest BCUT2D eigenvalue weighted by Crippen LogP contribution is -2.37. The van der Waals surface area contributed by atoms with E-state index in [0.717, 1.165) is 24.3 Å². The van der Waals surface area contributed by atoms with E-state index in [2.05, 4.69) is 35.9 Å². The van der Waals surface area contributed by atoms with Gasteiger partial charge in [0.1, 0.15) is 17.4 Å². The number of methoxy groups -OCH3 is 1. The van der Waals surface area contributed by atoms with E-state index in [-0.39, 0.29) is 23.2 Å². The molecule has 1 aliphatic heterocycles. The largest absolute Gasteiger partial charge is 0.573 e. The number of rotatable bonds is 8. The molecular formula is C24H24F6N6O2. The van der Waals surface area contributed by atoms with Crippen molar-refractivity contribution >= 4 is 23.7 Å². The maximum Gasteiger partial charge on any atom is 0.573 e. The molecule has 0 spiro atoms. The molecular weight excluding hydrogens is 518 g/mol. The number of amidine groups is 1. The van der Waals surface area contributed by atoms with Gasteiger partial charge in [-0.25, -0.2) is 0 Å². The number of allylic oxidation sites excluding steroid dienone is 1. The van der Waals surface area contributed by atoms with Crippen LogP contribution >= 0.6 is 0 Å². The molecule has 2 aromatic carbocycles. The van der Waals surface area contributed by atoms with E-state index < -0.39 is 18.1 Å². The first-order chi connectivity index (χ1) is 18.0. The van der Waals surface area contributed by atoms with Gasteiger partial charge in [-0.3, -0.25) is 10.4 Å². The lowest BCUT2D eigenvalue weighted by atomic mass is 10.2. The summed E-state index contributed by atoms with van der Waals surface area (Å²) < 4.78 is 85.2. The van der Waals surface area contributed by atoms with E-state index in [1.165, 1.54) is 30.5 Å². The first-order valence-corrected chi connectivity index (χ1v) is 11.2. The minimum Gasteiger partial charge on any atom is -0.406 e. The van der Waals surface area contributed by atoms with E-state index in [4.69, 9.17) is 4.74 Å². The lowest BCUT2D eigenvalue weighted by molar-refractivity contribution is -0.274. The zero-order valence-electron chi connectivity index (χ0n) is 20.0. The van der Waals surface area contributed by atoms with Gasteiger partial charge in [0.15, 0.2) is 0 Å². The van der Waals surface area contributed by atoms with Gasteiger partial charge in [0, 0.05) is 19.2 Å². The van der Waals surface area contributed by atoms with Crippen LogP contribution in [0.2, 0.25) is 0 Å². The molecule has 0 amide bonds. The Hall–Kier alpha value is -4.07. The highest BCUT2D eigenvalue weighted by molar-refractivity contribution is 6.06. The monoisotopic (exact) mass is 542 g/mol. The van der Waals surface area contributed by atoms with Crippen molar-refractivity contribution in [2.75, 3.05) is 25.6 Å². The summed E-state index contributed by atoms with van der Waals surface area (Å²) in [7, 11) is 1.54. The second kappa shape index (κ2) is 12.9. The molecule has 0 fully saturated rings. The van der Waals surface area contributed by atoms with Crippen molar-refractivity contribution in [1.29, 1.82) is 0 Å². The Morgan fingerprint density at radius 1 is 1.08 bits per heavy atom. The number of benzene rings is 2. The van der Waals surface area contributed by atoms with Crippen molar-refractivity contribution in [3.05, 3.63) is 71.6 Å². The van der Waals surface area contributed by atoms with Gasteiger partial charge in [-0.15, -0.1) is 13.2 Å². The van der Waals surface area contributed by atoms with E-state index in [1.54, 1.807) is 13.2 Å². The summed E-state index contributed by atoms with van der Waals surface area (Å²) in [5, 5.41) is 9.88. The number of ether oxygens (including phenoxy) is 2. The summed E-state index contributed by atoms with van der Waals surface area (Å²) in [6.45, 7) is 0.765. The number of aliphatic imine (C=N–C) groups is 2. The Labute approximate surface area is 214 Å². The summed E-state index contributed by atoms with van der Waals surface area (Å²) in [6.07, 6.45) is -5.24. The van der Waals surface area contributed by atoms with Crippen LogP contribution in [0.1, 0.15) is 24.0 Å². The predicted molar refractivity (Wildman–Crippen MR) is 131 cm³/mol. The third kappa shape index (κ3) is 9.76. The highest BCUT2D eigenvalue weighted by Crippen LogP contribution is 2.30. The normalized spacial score (nSPS) is 18.6. The molecule has 204 valence electrons. The Morgan fingerprint density at radius 3 is 2.53 bits per heavy atom. The fourth-order valence-electron chi connectivity index (χ4n) is 3.10. The van der Waals surface area contributed by atoms with E-state index in [0.29, 0.717) is 37.4 Å². The molecule has 0 unspecified atom stereocenters. The summed E-state index contributed by atoms with van der Waals surface area (Å²) in [5.74, 6) is 0.563. The predicted octanol–water partition coefficient (Wildman–Crippen LogP) is 5.27. The number of nitrogens with zero attached hydrogens (tertiary/aromatic N) is 3. The Bertz CT molecular complexity index is 1190. The molecule has 0 radical (unpaired) electrons. The summed E-state index contributed by atoms with van der Waals surface area (Å²) >= 11 is 0. The summed E-state index contributed by atoms with van der Waals surface area (Å²) in [4.78, 5) is 8.78. The lowest BCUT2D eigenvalue weighted by Gasteiger charge is -2.18. The zero-order valence-corrected chi connectivity index (χ0v) is 20.0. The van der Waals surface area contributed by atoms with Crippen molar-refractivity contribution in [3.63, 3.8) is 0 Å². The van der Waals surface area contributed by atoms with Crippen LogP contribution < -0.4 is 20.8 Å². The number of anilines is 1. The number of guanidine groups is 1. The SMILES string of the molecule is COCCN=C1CC/C=C(N/N=C/c2ccc(OC(F)(F)F)cc2)\N=C(\Nc2cccc(C(F)(F)F)c2)N1. The quantitative estimate of drug-likeness (QED) is 0.183. The van der Waals surface area contributed by atoms with Gasteiger partial charge < -0.3 is 20.1 Å². The highest BCUT2D eigenvalue weighted by Gasteiger charge is 2.31. The molecule has 0 saturated heterocycles. The first-order valence-electron chi connectivity index (χ1n) is 11.2. The molecule has 1 heterocycles. The molecule has 0 atom stereocenters.